The molecule has 0 saturated heterocycles. The second-order valence-electron chi connectivity index (χ2n) is 4.92. The molecule has 3 N–H and O–H groups in total. The molecule has 116 valence electrons. The molecule has 0 aliphatic carbocycles. The van der Waals surface area contributed by atoms with Gasteiger partial charge < -0.3 is 11.1 Å². The van der Waals surface area contributed by atoms with E-state index in [2.05, 4.69) is 25.4 Å². The lowest BCUT2D eigenvalue weighted by atomic mass is 10.1. The minimum absolute atomic E-state index is 0.110. The summed E-state index contributed by atoms with van der Waals surface area (Å²) in [6.07, 6.45) is 5.97. The number of aromatic nitrogens is 5. The summed E-state index contributed by atoms with van der Waals surface area (Å²) in [5, 5.41) is 6.92. The van der Waals surface area contributed by atoms with Crippen LogP contribution >= 0.6 is 0 Å². The van der Waals surface area contributed by atoms with Gasteiger partial charge in [-0.25, -0.2) is 19.6 Å². The molecule has 8 nitrogen and oxygen atoms in total. The number of nitrogens with two attached hydrogens (primary N) is 1. The molecule has 3 aromatic rings. The molecule has 0 saturated carbocycles. The summed E-state index contributed by atoms with van der Waals surface area (Å²) in [6, 6.07) is 7.45. The van der Waals surface area contributed by atoms with Crippen molar-refractivity contribution in [2.24, 2.45) is 0 Å². The number of rotatable bonds is 4. The van der Waals surface area contributed by atoms with E-state index in [0.29, 0.717) is 0 Å². The Bertz CT molecular complexity index is 799. The van der Waals surface area contributed by atoms with E-state index in [-0.39, 0.29) is 23.5 Å². The number of amides is 1. The van der Waals surface area contributed by atoms with Gasteiger partial charge in [0.25, 0.3) is 5.91 Å². The van der Waals surface area contributed by atoms with E-state index < -0.39 is 0 Å². The van der Waals surface area contributed by atoms with Crippen molar-refractivity contribution in [1.82, 2.24) is 30.0 Å². The average molecular weight is 309 g/mol. The van der Waals surface area contributed by atoms with Gasteiger partial charge in [-0.05, 0) is 24.6 Å². The summed E-state index contributed by atoms with van der Waals surface area (Å²) in [7, 11) is 0. The Morgan fingerprint density at radius 3 is 2.61 bits per heavy atom. The molecular formula is C15H15N7O. The Hall–Kier alpha value is -3.29. The van der Waals surface area contributed by atoms with Crippen molar-refractivity contribution < 1.29 is 4.79 Å². The van der Waals surface area contributed by atoms with Gasteiger partial charge in [0.15, 0.2) is 11.5 Å². The summed E-state index contributed by atoms with van der Waals surface area (Å²) >= 11 is 0. The van der Waals surface area contributed by atoms with Crippen LogP contribution in [0, 0.1) is 0 Å². The van der Waals surface area contributed by atoms with Crippen LogP contribution in [0.4, 0.5) is 5.82 Å². The summed E-state index contributed by atoms with van der Waals surface area (Å²) in [4.78, 5) is 23.9. The van der Waals surface area contributed by atoms with E-state index in [1.807, 2.05) is 31.2 Å². The summed E-state index contributed by atoms with van der Waals surface area (Å²) in [5.41, 5.74) is 7.62. The lowest BCUT2D eigenvalue weighted by Crippen LogP contribution is -2.28. The van der Waals surface area contributed by atoms with Crippen molar-refractivity contribution in [3.05, 3.63) is 60.6 Å². The van der Waals surface area contributed by atoms with E-state index >= 15 is 0 Å². The molecule has 1 unspecified atom stereocenters. The maximum atomic E-state index is 12.2. The van der Waals surface area contributed by atoms with E-state index in [1.54, 1.807) is 11.0 Å². The van der Waals surface area contributed by atoms with Crippen molar-refractivity contribution in [2.75, 3.05) is 5.73 Å². The summed E-state index contributed by atoms with van der Waals surface area (Å²) < 4.78 is 1.66. The second kappa shape index (κ2) is 6.22. The Labute approximate surface area is 132 Å². The first kappa shape index (κ1) is 14.6. The number of nitrogen functional groups attached to an aromatic ring is 1. The SMILES string of the molecule is CC(NC(=O)c1nccnc1N)c1ccc(-n2cncn2)cc1. The Morgan fingerprint density at radius 1 is 1.22 bits per heavy atom. The number of carbonyl (C=O) groups is 1. The maximum Gasteiger partial charge on any atom is 0.274 e. The number of carbonyl (C=O) groups excluding carboxylic acids is 1. The van der Waals surface area contributed by atoms with Crippen LogP contribution in [0.25, 0.3) is 5.69 Å². The first-order valence-corrected chi connectivity index (χ1v) is 6.97. The molecule has 1 aromatic carbocycles. The van der Waals surface area contributed by atoms with Crippen molar-refractivity contribution in [3.63, 3.8) is 0 Å². The van der Waals surface area contributed by atoms with Crippen LogP contribution in [0.2, 0.25) is 0 Å². The van der Waals surface area contributed by atoms with Gasteiger partial charge in [0.05, 0.1) is 11.7 Å². The Morgan fingerprint density at radius 2 is 1.96 bits per heavy atom. The summed E-state index contributed by atoms with van der Waals surface area (Å²) in [5.74, 6) is -0.248. The first-order valence-electron chi connectivity index (χ1n) is 6.97. The largest absolute Gasteiger partial charge is 0.382 e. The van der Waals surface area contributed by atoms with Gasteiger partial charge in [-0.1, -0.05) is 12.1 Å². The molecule has 2 aromatic heterocycles. The highest BCUT2D eigenvalue weighted by atomic mass is 16.2. The monoisotopic (exact) mass is 309 g/mol. The third-order valence-corrected chi connectivity index (χ3v) is 3.37. The van der Waals surface area contributed by atoms with Gasteiger partial charge in [0, 0.05) is 12.4 Å². The molecule has 0 spiro atoms. The Balaban J connectivity index is 1.72. The lowest BCUT2D eigenvalue weighted by molar-refractivity contribution is 0.0935. The van der Waals surface area contributed by atoms with Gasteiger partial charge >= 0.3 is 0 Å². The number of anilines is 1. The van der Waals surface area contributed by atoms with E-state index in [0.717, 1.165) is 11.3 Å². The predicted octanol–water partition coefficient (Wildman–Crippen LogP) is 1.13. The fraction of sp³-hybridized carbons (Fsp3) is 0.133. The van der Waals surface area contributed by atoms with Crippen LogP contribution in [0.3, 0.4) is 0 Å². The minimum Gasteiger partial charge on any atom is -0.382 e. The van der Waals surface area contributed by atoms with Crippen molar-refractivity contribution in [3.8, 4) is 5.69 Å². The molecule has 0 fully saturated rings. The third-order valence-electron chi connectivity index (χ3n) is 3.37. The standard InChI is InChI=1S/C15H15N7O/c1-10(21-15(23)13-14(16)19-7-6-18-13)11-2-4-12(5-3-11)22-9-17-8-20-22/h2-10H,1H3,(H2,16,19)(H,21,23). The molecule has 2 heterocycles. The van der Waals surface area contributed by atoms with Crippen LogP contribution in [0.15, 0.2) is 49.3 Å². The lowest BCUT2D eigenvalue weighted by Gasteiger charge is -2.15. The molecule has 0 aliphatic heterocycles. The fourth-order valence-electron chi connectivity index (χ4n) is 2.13. The average Bonchev–Trinajstić information content (AvgIpc) is 3.09. The zero-order chi connectivity index (χ0) is 16.2. The second-order valence-corrected chi connectivity index (χ2v) is 4.92. The normalized spacial score (nSPS) is 11.9. The minimum atomic E-state index is -0.358. The number of nitrogens with one attached hydrogen (secondary N) is 1. The summed E-state index contributed by atoms with van der Waals surface area (Å²) in [6.45, 7) is 1.88. The van der Waals surface area contributed by atoms with E-state index in [1.165, 1.54) is 18.7 Å². The van der Waals surface area contributed by atoms with Gasteiger partial charge in [-0.2, -0.15) is 5.10 Å². The van der Waals surface area contributed by atoms with Crippen LogP contribution in [-0.2, 0) is 0 Å². The van der Waals surface area contributed by atoms with Crippen LogP contribution < -0.4 is 11.1 Å². The number of nitrogens with zero attached hydrogens (tertiary/aromatic N) is 5. The number of benzene rings is 1. The van der Waals surface area contributed by atoms with Gasteiger partial charge in [-0.15, -0.1) is 0 Å². The zero-order valence-electron chi connectivity index (χ0n) is 12.4. The highest BCUT2D eigenvalue weighted by Gasteiger charge is 2.15. The van der Waals surface area contributed by atoms with Gasteiger partial charge in [0.1, 0.15) is 12.7 Å². The number of hydrogen-bond donors (Lipinski definition) is 2. The van der Waals surface area contributed by atoms with Gasteiger partial charge in [-0.3, -0.25) is 4.79 Å². The fourth-order valence-corrected chi connectivity index (χ4v) is 2.13. The molecule has 8 heteroatoms. The zero-order valence-corrected chi connectivity index (χ0v) is 12.4. The highest BCUT2D eigenvalue weighted by Crippen LogP contribution is 2.16. The Kier molecular flexibility index (Phi) is 3.96. The number of hydrogen-bond acceptors (Lipinski definition) is 6. The smallest absolute Gasteiger partial charge is 0.274 e. The molecule has 0 aliphatic rings. The van der Waals surface area contributed by atoms with Crippen molar-refractivity contribution in [1.29, 1.82) is 0 Å². The molecule has 1 amide bonds. The molecule has 23 heavy (non-hydrogen) atoms. The van der Waals surface area contributed by atoms with Crippen molar-refractivity contribution in [2.45, 2.75) is 13.0 Å². The maximum absolute atomic E-state index is 12.2. The van der Waals surface area contributed by atoms with E-state index in [4.69, 9.17) is 5.73 Å². The van der Waals surface area contributed by atoms with E-state index in [9.17, 15) is 4.79 Å². The third kappa shape index (κ3) is 3.15. The molecular weight excluding hydrogens is 294 g/mol. The van der Waals surface area contributed by atoms with Gasteiger partial charge in [0.2, 0.25) is 0 Å². The van der Waals surface area contributed by atoms with Crippen LogP contribution in [0.5, 0.6) is 0 Å². The quantitative estimate of drug-likeness (QED) is 0.747. The molecule has 0 bridgehead atoms. The van der Waals surface area contributed by atoms with Crippen LogP contribution in [-0.4, -0.2) is 30.6 Å². The van der Waals surface area contributed by atoms with Crippen molar-refractivity contribution >= 4 is 11.7 Å². The van der Waals surface area contributed by atoms with Crippen LogP contribution in [0.1, 0.15) is 29.0 Å². The molecule has 0 radical (unpaired) electrons. The predicted molar refractivity (Wildman–Crippen MR) is 83.7 cm³/mol. The highest BCUT2D eigenvalue weighted by molar-refractivity contribution is 5.96. The molecule has 3 rings (SSSR count). The first-order chi connectivity index (χ1) is 11.1. The molecule has 1 atom stereocenters. The topological polar surface area (TPSA) is 112 Å².